The zero-order valence-corrected chi connectivity index (χ0v) is 21.6. The lowest BCUT2D eigenvalue weighted by atomic mass is 9.84. The summed E-state index contributed by atoms with van der Waals surface area (Å²) in [7, 11) is 0. The second-order valence-corrected chi connectivity index (χ2v) is 9.90. The van der Waals surface area contributed by atoms with Crippen LogP contribution >= 0.6 is 0 Å². The molecule has 0 bridgehead atoms. The molecular weight excluding hydrogens is 474 g/mol. The average Bonchev–Trinajstić information content (AvgIpc) is 3.64. The summed E-state index contributed by atoms with van der Waals surface area (Å²) in [5, 5.41) is 10.4. The fourth-order valence-corrected chi connectivity index (χ4v) is 5.47. The molecule has 10 nitrogen and oxygen atoms in total. The molecule has 1 aromatic heterocycles. The highest BCUT2D eigenvalue weighted by atomic mass is 16.7. The summed E-state index contributed by atoms with van der Waals surface area (Å²) in [5.41, 5.74) is 6.57. The van der Waals surface area contributed by atoms with Gasteiger partial charge in [-0.3, -0.25) is 14.5 Å². The summed E-state index contributed by atoms with van der Waals surface area (Å²) in [4.78, 5) is 34.3. The van der Waals surface area contributed by atoms with Crippen LogP contribution in [0.3, 0.4) is 0 Å². The second-order valence-electron chi connectivity index (χ2n) is 9.90. The Labute approximate surface area is 218 Å². The van der Waals surface area contributed by atoms with E-state index in [1.165, 1.54) is 0 Å². The van der Waals surface area contributed by atoms with Crippen LogP contribution in [0, 0.1) is 5.92 Å². The van der Waals surface area contributed by atoms with Gasteiger partial charge in [0.2, 0.25) is 12.7 Å². The third-order valence-corrected chi connectivity index (χ3v) is 7.46. The first-order chi connectivity index (χ1) is 18.0. The molecule has 0 radical (unpaired) electrons. The molecule has 1 fully saturated rings. The number of amides is 1. The number of ether oxygens (including phenoxy) is 2. The molecule has 3 N–H and O–H groups in total. The number of nitrogens with zero attached hydrogens (tertiary/aromatic N) is 4. The van der Waals surface area contributed by atoms with Gasteiger partial charge in [0.15, 0.2) is 11.5 Å². The van der Waals surface area contributed by atoms with Crippen molar-refractivity contribution < 1.29 is 24.2 Å². The number of rotatable bonds is 14. The summed E-state index contributed by atoms with van der Waals surface area (Å²) in [6, 6.07) is 5.36. The SMILES string of the molecule is CCCCN(CCCCN)C(=O)CN1C[C@H](c2ccc3c(c2)OCO3)C(C(=O)O)[C@@H]1CCn1ccnc1. The van der Waals surface area contributed by atoms with Crippen LogP contribution in [0.25, 0.3) is 0 Å². The van der Waals surface area contributed by atoms with Gasteiger partial charge in [-0.15, -0.1) is 0 Å². The van der Waals surface area contributed by atoms with E-state index >= 15 is 0 Å². The maximum atomic E-state index is 13.5. The molecule has 1 saturated heterocycles. The van der Waals surface area contributed by atoms with Crippen molar-refractivity contribution in [2.75, 3.05) is 39.5 Å². The Morgan fingerprint density at radius 1 is 1.19 bits per heavy atom. The number of nitrogens with two attached hydrogens (primary N) is 1. The topological polar surface area (TPSA) is 123 Å². The normalized spacial score (nSPS) is 20.9. The van der Waals surface area contributed by atoms with E-state index in [2.05, 4.69) is 16.8 Å². The zero-order valence-electron chi connectivity index (χ0n) is 21.6. The molecule has 0 aliphatic carbocycles. The third kappa shape index (κ3) is 6.61. The number of carbonyl (C=O) groups is 2. The van der Waals surface area contributed by atoms with Crippen molar-refractivity contribution in [2.45, 2.75) is 57.5 Å². The third-order valence-electron chi connectivity index (χ3n) is 7.46. The fourth-order valence-electron chi connectivity index (χ4n) is 5.47. The number of unbranched alkanes of at least 4 members (excludes halogenated alkanes) is 2. The van der Waals surface area contributed by atoms with E-state index < -0.39 is 11.9 Å². The predicted molar refractivity (Wildman–Crippen MR) is 138 cm³/mol. The van der Waals surface area contributed by atoms with Gasteiger partial charge >= 0.3 is 5.97 Å². The first-order valence-electron chi connectivity index (χ1n) is 13.3. The van der Waals surface area contributed by atoms with Crippen LogP contribution in [0.1, 0.15) is 50.5 Å². The van der Waals surface area contributed by atoms with Gasteiger partial charge < -0.3 is 29.8 Å². The molecule has 2 aliphatic rings. The van der Waals surface area contributed by atoms with Gasteiger partial charge in [0.25, 0.3) is 0 Å². The molecule has 202 valence electrons. The number of aromatic nitrogens is 2. The number of carboxylic acids is 1. The van der Waals surface area contributed by atoms with Crippen molar-refractivity contribution in [1.29, 1.82) is 0 Å². The van der Waals surface area contributed by atoms with Crippen LogP contribution < -0.4 is 15.2 Å². The number of aliphatic carboxylic acids is 1. The first kappa shape index (κ1) is 26.9. The van der Waals surface area contributed by atoms with E-state index in [1.54, 1.807) is 12.5 Å². The van der Waals surface area contributed by atoms with E-state index in [1.807, 2.05) is 33.9 Å². The van der Waals surface area contributed by atoms with Crippen molar-refractivity contribution in [3.63, 3.8) is 0 Å². The monoisotopic (exact) mass is 513 g/mol. The summed E-state index contributed by atoms with van der Waals surface area (Å²) < 4.78 is 13.0. The Hall–Kier alpha value is -3.11. The number of hydrogen-bond acceptors (Lipinski definition) is 7. The smallest absolute Gasteiger partial charge is 0.308 e. The molecule has 37 heavy (non-hydrogen) atoms. The predicted octanol–water partition coefficient (Wildman–Crippen LogP) is 2.54. The summed E-state index contributed by atoms with van der Waals surface area (Å²) in [6.45, 7) is 5.59. The van der Waals surface area contributed by atoms with Crippen molar-refractivity contribution in [3.05, 3.63) is 42.5 Å². The first-order valence-corrected chi connectivity index (χ1v) is 13.3. The molecule has 2 aromatic rings. The van der Waals surface area contributed by atoms with Crippen LogP contribution in [0.4, 0.5) is 0 Å². The van der Waals surface area contributed by atoms with Gasteiger partial charge in [-0.05, 0) is 49.9 Å². The summed E-state index contributed by atoms with van der Waals surface area (Å²) >= 11 is 0. The van der Waals surface area contributed by atoms with Crippen molar-refractivity contribution >= 4 is 11.9 Å². The molecular formula is C27H39N5O5. The molecule has 1 amide bonds. The molecule has 2 aliphatic heterocycles. The minimum atomic E-state index is -0.848. The second kappa shape index (κ2) is 12.9. The van der Waals surface area contributed by atoms with E-state index in [0.717, 1.165) is 31.2 Å². The fraction of sp³-hybridized carbons (Fsp3) is 0.593. The summed E-state index contributed by atoms with van der Waals surface area (Å²) in [5.74, 6) is -0.419. The average molecular weight is 514 g/mol. The van der Waals surface area contributed by atoms with Gasteiger partial charge in [0.1, 0.15) is 0 Å². The number of benzene rings is 1. The zero-order chi connectivity index (χ0) is 26.2. The van der Waals surface area contributed by atoms with Crippen molar-refractivity contribution in [3.8, 4) is 11.5 Å². The molecule has 1 unspecified atom stereocenters. The highest BCUT2D eigenvalue weighted by Crippen LogP contribution is 2.42. The molecule has 10 heteroatoms. The maximum absolute atomic E-state index is 13.5. The lowest BCUT2D eigenvalue weighted by molar-refractivity contribution is -0.144. The van der Waals surface area contributed by atoms with Crippen LogP contribution in [0.2, 0.25) is 0 Å². The molecule has 0 spiro atoms. The Morgan fingerprint density at radius 2 is 2.00 bits per heavy atom. The lowest BCUT2D eigenvalue weighted by Crippen LogP contribution is -2.45. The Balaban J connectivity index is 1.56. The van der Waals surface area contributed by atoms with Crippen LogP contribution in [-0.4, -0.2) is 81.9 Å². The van der Waals surface area contributed by atoms with Crippen molar-refractivity contribution in [2.24, 2.45) is 11.7 Å². The van der Waals surface area contributed by atoms with Crippen molar-refractivity contribution in [1.82, 2.24) is 19.4 Å². The van der Waals surface area contributed by atoms with Gasteiger partial charge in [0.05, 0.1) is 18.8 Å². The van der Waals surface area contributed by atoms with Crippen LogP contribution in [-0.2, 0) is 16.1 Å². The number of aryl methyl sites for hydroxylation is 1. The Kier molecular flexibility index (Phi) is 9.40. The van der Waals surface area contributed by atoms with Gasteiger partial charge in [-0.2, -0.15) is 0 Å². The lowest BCUT2D eigenvalue weighted by Gasteiger charge is -2.30. The highest BCUT2D eigenvalue weighted by Gasteiger charge is 2.47. The van der Waals surface area contributed by atoms with Gasteiger partial charge in [0, 0.05) is 50.5 Å². The standard InChI is InChI=1S/C27H39N5O5/c1-2-3-11-31(12-5-4-9-28)25(33)17-32-16-21(20-6-7-23-24(15-20)37-19-36-23)26(27(34)35)22(32)8-13-30-14-10-29-18-30/h6-7,10,14-15,18,21-22,26H,2-5,8-9,11-13,16-17,19,28H2,1H3,(H,34,35)/t21-,22+,26?/m1/s1. The van der Waals surface area contributed by atoms with E-state index in [4.69, 9.17) is 15.2 Å². The number of imidazole rings is 1. The minimum absolute atomic E-state index is 0.0496. The minimum Gasteiger partial charge on any atom is -0.481 e. The number of likely N-dealkylation sites (tertiary alicyclic amines) is 1. The quantitative estimate of drug-likeness (QED) is 0.370. The van der Waals surface area contributed by atoms with Gasteiger partial charge in [-0.25, -0.2) is 4.98 Å². The van der Waals surface area contributed by atoms with Crippen LogP contribution in [0.15, 0.2) is 36.9 Å². The number of fused-ring (bicyclic) bond motifs is 1. The summed E-state index contributed by atoms with van der Waals surface area (Å²) in [6.07, 6.45) is 9.62. The molecule has 3 atom stereocenters. The number of hydrogen-bond donors (Lipinski definition) is 2. The molecule has 1 aromatic carbocycles. The molecule has 3 heterocycles. The molecule has 4 rings (SSSR count). The van der Waals surface area contributed by atoms with E-state index in [0.29, 0.717) is 50.6 Å². The maximum Gasteiger partial charge on any atom is 0.308 e. The van der Waals surface area contributed by atoms with E-state index in [-0.39, 0.29) is 31.2 Å². The largest absolute Gasteiger partial charge is 0.481 e. The number of carbonyl (C=O) groups excluding carboxylic acids is 1. The van der Waals surface area contributed by atoms with E-state index in [9.17, 15) is 14.7 Å². The Bertz CT molecular complexity index is 1030. The molecule has 0 saturated carbocycles. The van der Waals surface area contributed by atoms with Gasteiger partial charge in [-0.1, -0.05) is 19.4 Å². The number of carboxylic acid groups (broad SMARTS) is 1. The highest BCUT2D eigenvalue weighted by molar-refractivity contribution is 5.79. The Morgan fingerprint density at radius 3 is 2.73 bits per heavy atom. The van der Waals surface area contributed by atoms with Crippen LogP contribution in [0.5, 0.6) is 11.5 Å².